The predicted octanol–water partition coefficient (Wildman–Crippen LogP) is 2.24. The third-order valence-corrected chi connectivity index (χ3v) is 6.49. The van der Waals surface area contributed by atoms with E-state index in [1.807, 2.05) is 26.2 Å². The lowest BCUT2D eigenvalue weighted by atomic mass is 10.2. The smallest absolute Gasteiger partial charge is 0.242 e. The van der Waals surface area contributed by atoms with Gasteiger partial charge in [0.2, 0.25) is 10.0 Å². The summed E-state index contributed by atoms with van der Waals surface area (Å²) in [5, 5.41) is 5.12. The Kier molecular flexibility index (Phi) is 4.66. The van der Waals surface area contributed by atoms with Gasteiger partial charge in [0.25, 0.3) is 0 Å². The summed E-state index contributed by atoms with van der Waals surface area (Å²) in [5.41, 5.74) is 0.841. The van der Waals surface area contributed by atoms with E-state index in [0.29, 0.717) is 17.4 Å². The summed E-state index contributed by atoms with van der Waals surface area (Å²) < 4.78 is 27.8. The Hall–Kier alpha value is -0.430. The van der Waals surface area contributed by atoms with Gasteiger partial charge in [0.15, 0.2) is 0 Å². The van der Waals surface area contributed by atoms with Gasteiger partial charge in [-0.1, -0.05) is 6.92 Å². The zero-order chi connectivity index (χ0) is 14.0. The lowest BCUT2D eigenvalue weighted by molar-refractivity contribution is 0.536. The van der Waals surface area contributed by atoms with Gasteiger partial charge in [0.05, 0.1) is 0 Å². The van der Waals surface area contributed by atoms with Crippen molar-refractivity contribution < 1.29 is 8.42 Å². The molecule has 1 aromatic rings. The predicted molar refractivity (Wildman–Crippen MR) is 78.9 cm³/mol. The molecule has 0 amide bonds. The minimum atomic E-state index is -3.39. The summed E-state index contributed by atoms with van der Waals surface area (Å²) in [7, 11) is -3.39. The SMILES string of the molecule is CCNCc1scc(C)c1S(=O)(=O)NC(C)C1CC1. The summed E-state index contributed by atoms with van der Waals surface area (Å²) >= 11 is 1.51. The molecule has 1 heterocycles. The molecule has 0 spiro atoms. The maximum absolute atomic E-state index is 12.5. The number of rotatable bonds is 7. The van der Waals surface area contributed by atoms with E-state index >= 15 is 0 Å². The molecule has 6 heteroatoms. The highest BCUT2D eigenvalue weighted by Crippen LogP contribution is 2.34. The number of hydrogen-bond acceptors (Lipinski definition) is 4. The van der Waals surface area contributed by atoms with E-state index in [-0.39, 0.29) is 6.04 Å². The van der Waals surface area contributed by atoms with Crippen LogP contribution in [0.4, 0.5) is 0 Å². The van der Waals surface area contributed by atoms with Crippen LogP contribution in [-0.2, 0) is 16.6 Å². The molecule has 0 saturated heterocycles. The van der Waals surface area contributed by atoms with Gasteiger partial charge in [-0.25, -0.2) is 13.1 Å². The summed E-state index contributed by atoms with van der Waals surface area (Å²) in [6, 6.07) is 0.0382. The fraction of sp³-hybridized carbons (Fsp3) is 0.692. The lowest BCUT2D eigenvalue weighted by Gasteiger charge is -2.14. The Labute approximate surface area is 119 Å². The molecular formula is C13H22N2O2S2. The van der Waals surface area contributed by atoms with Gasteiger partial charge < -0.3 is 5.32 Å². The number of aryl methyl sites for hydroxylation is 1. The molecule has 1 unspecified atom stereocenters. The van der Waals surface area contributed by atoms with Gasteiger partial charge in [0.1, 0.15) is 4.90 Å². The topological polar surface area (TPSA) is 58.2 Å². The van der Waals surface area contributed by atoms with E-state index in [1.165, 1.54) is 11.3 Å². The molecule has 19 heavy (non-hydrogen) atoms. The van der Waals surface area contributed by atoms with Crippen LogP contribution in [0.15, 0.2) is 10.3 Å². The molecular weight excluding hydrogens is 280 g/mol. The number of sulfonamides is 1. The molecule has 2 N–H and O–H groups in total. The minimum absolute atomic E-state index is 0.0382. The molecule has 0 bridgehead atoms. The molecule has 1 aliphatic rings. The van der Waals surface area contributed by atoms with E-state index in [9.17, 15) is 8.42 Å². The molecule has 0 aliphatic heterocycles. The monoisotopic (exact) mass is 302 g/mol. The maximum atomic E-state index is 12.5. The molecule has 108 valence electrons. The molecule has 0 radical (unpaired) electrons. The van der Waals surface area contributed by atoms with Gasteiger partial charge in [-0.3, -0.25) is 0 Å². The molecule has 1 atom stereocenters. The van der Waals surface area contributed by atoms with Crippen molar-refractivity contribution in [2.24, 2.45) is 5.92 Å². The van der Waals surface area contributed by atoms with E-state index in [4.69, 9.17) is 0 Å². The van der Waals surface area contributed by atoms with Gasteiger partial charge in [-0.2, -0.15) is 0 Å². The summed E-state index contributed by atoms with van der Waals surface area (Å²) in [6.07, 6.45) is 2.27. The zero-order valence-electron chi connectivity index (χ0n) is 11.7. The lowest BCUT2D eigenvalue weighted by Crippen LogP contribution is -2.34. The van der Waals surface area contributed by atoms with Crippen molar-refractivity contribution in [2.75, 3.05) is 6.54 Å². The van der Waals surface area contributed by atoms with Crippen LogP contribution in [0.5, 0.6) is 0 Å². The third kappa shape index (κ3) is 3.56. The molecule has 2 rings (SSSR count). The van der Waals surface area contributed by atoms with Crippen molar-refractivity contribution >= 4 is 21.4 Å². The first kappa shape index (κ1) is 15.0. The standard InChI is InChI=1S/C13H22N2O2S2/c1-4-14-7-12-13(9(2)8-18-12)19(16,17)15-10(3)11-5-6-11/h8,10-11,14-15H,4-7H2,1-3H3. The average Bonchev–Trinajstić information content (AvgIpc) is 3.10. The van der Waals surface area contributed by atoms with Crippen LogP contribution >= 0.6 is 11.3 Å². The van der Waals surface area contributed by atoms with Gasteiger partial charge in [-0.05, 0) is 50.1 Å². The molecule has 1 saturated carbocycles. The number of nitrogens with one attached hydrogen (secondary N) is 2. The molecule has 1 fully saturated rings. The van der Waals surface area contributed by atoms with Crippen molar-refractivity contribution in [1.29, 1.82) is 0 Å². The Bertz CT molecular complexity index is 533. The van der Waals surface area contributed by atoms with Crippen LogP contribution in [0.2, 0.25) is 0 Å². The maximum Gasteiger partial charge on any atom is 0.242 e. The normalized spacial score (nSPS) is 17.6. The summed E-state index contributed by atoms with van der Waals surface area (Å²) in [4.78, 5) is 1.38. The van der Waals surface area contributed by atoms with Gasteiger partial charge >= 0.3 is 0 Å². The second-order valence-electron chi connectivity index (χ2n) is 5.20. The molecule has 0 aromatic carbocycles. The molecule has 1 aliphatic carbocycles. The van der Waals surface area contributed by atoms with Crippen molar-refractivity contribution in [3.63, 3.8) is 0 Å². The van der Waals surface area contributed by atoms with Crippen LogP contribution < -0.4 is 10.0 Å². The van der Waals surface area contributed by atoms with E-state index in [1.54, 1.807) is 0 Å². The Balaban J connectivity index is 2.20. The second kappa shape index (κ2) is 5.91. The average molecular weight is 302 g/mol. The van der Waals surface area contributed by atoms with Crippen LogP contribution in [-0.4, -0.2) is 21.0 Å². The largest absolute Gasteiger partial charge is 0.312 e. The minimum Gasteiger partial charge on any atom is -0.312 e. The Morgan fingerprint density at radius 2 is 2.16 bits per heavy atom. The zero-order valence-corrected chi connectivity index (χ0v) is 13.3. The van der Waals surface area contributed by atoms with Crippen LogP contribution in [0.1, 0.15) is 37.1 Å². The van der Waals surface area contributed by atoms with E-state index in [2.05, 4.69) is 10.0 Å². The fourth-order valence-corrected chi connectivity index (χ4v) is 5.30. The molecule has 4 nitrogen and oxygen atoms in total. The van der Waals surface area contributed by atoms with Crippen molar-refractivity contribution in [3.8, 4) is 0 Å². The fourth-order valence-electron chi connectivity index (χ4n) is 2.20. The van der Waals surface area contributed by atoms with Gasteiger partial charge in [-0.15, -0.1) is 11.3 Å². The summed E-state index contributed by atoms with van der Waals surface area (Å²) in [5.74, 6) is 0.519. The van der Waals surface area contributed by atoms with Gasteiger partial charge in [0, 0.05) is 17.5 Å². The Morgan fingerprint density at radius 3 is 2.74 bits per heavy atom. The first-order chi connectivity index (χ1) is 8.95. The highest BCUT2D eigenvalue weighted by atomic mass is 32.2. The number of thiophene rings is 1. The first-order valence-electron chi connectivity index (χ1n) is 6.75. The summed E-state index contributed by atoms with van der Waals surface area (Å²) in [6.45, 7) is 7.29. The second-order valence-corrected chi connectivity index (χ2v) is 7.81. The van der Waals surface area contributed by atoms with E-state index in [0.717, 1.165) is 29.8 Å². The molecule has 1 aromatic heterocycles. The van der Waals surface area contributed by atoms with Crippen LogP contribution in [0, 0.1) is 12.8 Å². The Morgan fingerprint density at radius 1 is 1.47 bits per heavy atom. The highest BCUT2D eigenvalue weighted by molar-refractivity contribution is 7.89. The van der Waals surface area contributed by atoms with Crippen LogP contribution in [0.25, 0.3) is 0 Å². The van der Waals surface area contributed by atoms with Crippen molar-refractivity contribution in [3.05, 3.63) is 15.8 Å². The highest BCUT2D eigenvalue weighted by Gasteiger charge is 2.32. The van der Waals surface area contributed by atoms with E-state index < -0.39 is 10.0 Å². The van der Waals surface area contributed by atoms with Crippen LogP contribution in [0.3, 0.4) is 0 Å². The first-order valence-corrected chi connectivity index (χ1v) is 9.12. The van der Waals surface area contributed by atoms with Crippen molar-refractivity contribution in [1.82, 2.24) is 10.0 Å². The third-order valence-electron chi connectivity index (χ3n) is 3.46. The number of hydrogen-bond donors (Lipinski definition) is 2. The quantitative estimate of drug-likeness (QED) is 0.812. The van der Waals surface area contributed by atoms with Crippen molar-refractivity contribution in [2.45, 2.75) is 51.1 Å².